The van der Waals surface area contributed by atoms with Gasteiger partial charge in [0, 0.05) is 13.1 Å². The molecule has 2 fully saturated rings. The van der Waals surface area contributed by atoms with Crippen LogP contribution in [0, 0.1) is 17.8 Å². The van der Waals surface area contributed by atoms with Gasteiger partial charge < -0.3 is 9.64 Å². The van der Waals surface area contributed by atoms with Gasteiger partial charge in [0.25, 0.3) is 0 Å². The highest BCUT2D eigenvalue weighted by Crippen LogP contribution is 2.53. The molecule has 2 aliphatic rings. The smallest absolute Gasteiger partial charge is 0.410 e. The molecule has 3 rings (SSSR count). The molecule has 0 aromatic heterocycles. The van der Waals surface area contributed by atoms with Crippen LogP contribution in [-0.2, 0) is 11.3 Å². The number of benzene rings is 1. The molecule has 0 radical (unpaired) electrons. The zero-order valence-electron chi connectivity index (χ0n) is 10.7. The summed E-state index contributed by atoms with van der Waals surface area (Å²) >= 11 is 0. The highest BCUT2D eigenvalue weighted by Gasteiger charge is 2.55. The Bertz CT molecular complexity index is 419. The third-order valence-corrected chi connectivity index (χ3v) is 4.31. The van der Waals surface area contributed by atoms with Crippen molar-refractivity contribution >= 4 is 6.09 Å². The molecule has 1 saturated carbocycles. The molecule has 1 heterocycles. The highest BCUT2D eigenvalue weighted by atomic mass is 16.6. The second-order valence-electron chi connectivity index (χ2n) is 5.34. The number of fused-ring (bicyclic) bond motifs is 1. The molecule has 0 spiro atoms. The van der Waals surface area contributed by atoms with Crippen LogP contribution in [-0.4, -0.2) is 24.1 Å². The van der Waals surface area contributed by atoms with Gasteiger partial charge in [-0.2, -0.15) is 0 Å². The third kappa shape index (κ3) is 2.09. The summed E-state index contributed by atoms with van der Waals surface area (Å²) in [5.41, 5.74) is 1.04. The summed E-state index contributed by atoms with van der Waals surface area (Å²) in [6, 6.07) is 9.83. The summed E-state index contributed by atoms with van der Waals surface area (Å²) in [4.78, 5) is 13.7. The Morgan fingerprint density at radius 3 is 2.56 bits per heavy atom. The molecule has 3 nitrogen and oxygen atoms in total. The van der Waals surface area contributed by atoms with Gasteiger partial charge in [0.05, 0.1) is 0 Å². The monoisotopic (exact) mass is 245 g/mol. The summed E-state index contributed by atoms with van der Waals surface area (Å²) in [5, 5.41) is 0. The Morgan fingerprint density at radius 1 is 1.28 bits per heavy atom. The minimum absolute atomic E-state index is 0.152. The first-order valence-corrected chi connectivity index (χ1v) is 6.75. The first-order valence-electron chi connectivity index (χ1n) is 6.75. The Kier molecular flexibility index (Phi) is 2.98. The number of nitrogens with zero attached hydrogens (tertiary/aromatic N) is 1. The quantitative estimate of drug-likeness (QED) is 0.819. The van der Waals surface area contributed by atoms with Crippen LogP contribution in [0.2, 0.25) is 0 Å². The van der Waals surface area contributed by atoms with Gasteiger partial charge in [-0.05, 0) is 23.3 Å². The molecule has 0 N–H and O–H groups in total. The number of piperidine rings is 1. The van der Waals surface area contributed by atoms with E-state index in [1.807, 2.05) is 35.2 Å². The zero-order chi connectivity index (χ0) is 12.5. The molecule has 1 amide bonds. The van der Waals surface area contributed by atoms with Crippen molar-refractivity contribution in [2.75, 3.05) is 13.1 Å². The average Bonchev–Trinajstić information content (AvgIpc) is 2.88. The molecule has 3 heteroatoms. The van der Waals surface area contributed by atoms with E-state index in [0.717, 1.165) is 36.4 Å². The van der Waals surface area contributed by atoms with Crippen LogP contribution in [0.15, 0.2) is 30.3 Å². The lowest BCUT2D eigenvalue weighted by Crippen LogP contribution is -2.31. The molecule has 18 heavy (non-hydrogen) atoms. The first-order chi connectivity index (χ1) is 8.79. The fraction of sp³-hybridized carbons (Fsp3) is 0.533. The third-order valence-electron chi connectivity index (χ3n) is 4.31. The molecule has 2 unspecified atom stereocenters. The topological polar surface area (TPSA) is 29.5 Å². The van der Waals surface area contributed by atoms with E-state index in [1.54, 1.807) is 0 Å². The minimum atomic E-state index is -0.152. The van der Waals surface area contributed by atoms with Crippen molar-refractivity contribution in [3.63, 3.8) is 0 Å². The number of ether oxygens (including phenoxy) is 1. The van der Waals surface area contributed by atoms with Crippen molar-refractivity contribution in [3.05, 3.63) is 35.9 Å². The molecule has 1 aromatic carbocycles. The van der Waals surface area contributed by atoms with Crippen molar-refractivity contribution in [2.45, 2.75) is 20.0 Å². The lowest BCUT2D eigenvalue weighted by molar-refractivity contribution is 0.0986. The van der Waals surface area contributed by atoms with Gasteiger partial charge >= 0.3 is 6.09 Å². The summed E-state index contributed by atoms with van der Waals surface area (Å²) in [7, 11) is 0. The van der Waals surface area contributed by atoms with Gasteiger partial charge in [-0.15, -0.1) is 0 Å². The van der Waals surface area contributed by atoms with E-state index in [-0.39, 0.29) is 6.09 Å². The number of hydrogen-bond donors (Lipinski definition) is 0. The SMILES string of the molecule is CCC1C2CN(C(=O)OCc3ccccc3)CC12. The van der Waals surface area contributed by atoms with E-state index >= 15 is 0 Å². The van der Waals surface area contributed by atoms with Crippen LogP contribution in [0.3, 0.4) is 0 Å². The van der Waals surface area contributed by atoms with E-state index in [2.05, 4.69) is 6.92 Å². The summed E-state index contributed by atoms with van der Waals surface area (Å²) < 4.78 is 5.34. The first kappa shape index (κ1) is 11.6. The number of hydrogen-bond acceptors (Lipinski definition) is 2. The standard InChI is InChI=1S/C15H19NO2/c1-2-12-13-8-16(9-14(12)13)15(17)18-10-11-6-4-3-5-7-11/h3-7,12-14H,2,8-10H2,1H3. The van der Waals surface area contributed by atoms with Crippen LogP contribution >= 0.6 is 0 Å². The Balaban J connectivity index is 1.46. The lowest BCUT2D eigenvalue weighted by Gasteiger charge is -2.19. The van der Waals surface area contributed by atoms with Crippen molar-refractivity contribution in [3.8, 4) is 0 Å². The fourth-order valence-electron chi connectivity index (χ4n) is 3.21. The Labute approximate surface area is 108 Å². The minimum Gasteiger partial charge on any atom is -0.445 e. The number of likely N-dealkylation sites (tertiary alicyclic amines) is 1. The van der Waals surface area contributed by atoms with Gasteiger partial charge in [0.2, 0.25) is 0 Å². The second kappa shape index (κ2) is 4.63. The van der Waals surface area contributed by atoms with Gasteiger partial charge in [-0.3, -0.25) is 0 Å². The summed E-state index contributed by atoms with van der Waals surface area (Å²) in [5.74, 6) is 2.36. The number of carbonyl (C=O) groups is 1. The molecular weight excluding hydrogens is 226 g/mol. The fourth-order valence-corrected chi connectivity index (χ4v) is 3.21. The van der Waals surface area contributed by atoms with Crippen LogP contribution in [0.25, 0.3) is 0 Å². The second-order valence-corrected chi connectivity index (χ2v) is 5.34. The maximum absolute atomic E-state index is 11.9. The van der Waals surface area contributed by atoms with E-state index in [1.165, 1.54) is 6.42 Å². The normalized spacial score (nSPS) is 28.9. The van der Waals surface area contributed by atoms with Crippen molar-refractivity contribution in [2.24, 2.45) is 17.8 Å². The predicted octanol–water partition coefficient (Wildman–Crippen LogP) is 2.91. The van der Waals surface area contributed by atoms with Crippen LogP contribution in [0.5, 0.6) is 0 Å². The molecule has 1 saturated heterocycles. The van der Waals surface area contributed by atoms with Crippen LogP contribution in [0.1, 0.15) is 18.9 Å². The number of rotatable bonds is 3. The maximum Gasteiger partial charge on any atom is 0.410 e. The molecular formula is C15H19NO2. The average molecular weight is 245 g/mol. The van der Waals surface area contributed by atoms with Crippen molar-refractivity contribution in [1.82, 2.24) is 4.90 Å². The van der Waals surface area contributed by atoms with E-state index in [9.17, 15) is 4.79 Å². The molecule has 2 atom stereocenters. The van der Waals surface area contributed by atoms with E-state index < -0.39 is 0 Å². The Morgan fingerprint density at radius 2 is 1.94 bits per heavy atom. The van der Waals surface area contributed by atoms with E-state index in [0.29, 0.717) is 6.61 Å². The van der Waals surface area contributed by atoms with Gasteiger partial charge in [0.1, 0.15) is 6.61 Å². The van der Waals surface area contributed by atoms with Crippen LogP contribution < -0.4 is 0 Å². The van der Waals surface area contributed by atoms with Crippen molar-refractivity contribution in [1.29, 1.82) is 0 Å². The molecule has 96 valence electrons. The Hall–Kier alpha value is -1.51. The number of amides is 1. The van der Waals surface area contributed by atoms with Gasteiger partial charge in [-0.1, -0.05) is 43.7 Å². The van der Waals surface area contributed by atoms with Crippen molar-refractivity contribution < 1.29 is 9.53 Å². The maximum atomic E-state index is 11.9. The highest BCUT2D eigenvalue weighted by molar-refractivity contribution is 5.68. The van der Waals surface area contributed by atoms with Crippen LogP contribution in [0.4, 0.5) is 4.79 Å². The summed E-state index contributed by atoms with van der Waals surface area (Å²) in [6.45, 7) is 4.41. The zero-order valence-corrected chi connectivity index (χ0v) is 10.7. The van der Waals surface area contributed by atoms with Gasteiger partial charge in [-0.25, -0.2) is 4.79 Å². The lowest BCUT2D eigenvalue weighted by atomic mass is 10.2. The van der Waals surface area contributed by atoms with Gasteiger partial charge in [0.15, 0.2) is 0 Å². The molecule has 1 aromatic rings. The molecule has 0 bridgehead atoms. The molecule has 1 aliphatic carbocycles. The largest absolute Gasteiger partial charge is 0.445 e. The van der Waals surface area contributed by atoms with E-state index in [4.69, 9.17) is 4.74 Å². The number of carbonyl (C=O) groups excluding carboxylic acids is 1. The predicted molar refractivity (Wildman–Crippen MR) is 69.0 cm³/mol. The molecule has 1 aliphatic heterocycles. The summed E-state index contributed by atoms with van der Waals surface area (Å²) in [6.07, 6.45) is 1.10.